The number of hydrogen-bond donors (Lipinski definition) is 0. The average Bonchev–Trinajstić information content (AvgIpc) is 2.37. The van der Waals surface area contributed by atoms with Crippen LogP contribution in [0.5, 0.6) is 0 Å². The molecule has 3 nitrogen and oxygen atoms in total. The van der Waals surface area contributed by atoms with Crippen molar-refractivity contribution in [3.05, 3.63) is 35.4 Å². The molecule has 2 rings (SSSR count). The molecule has 1 fully saturated rings. The van der Waals surface area contributed by atoms with Gasteiger partial charge in [0.2, 0.25) is 0 Å². The van der Waals surface area contributed by atoms with E-state index in [1.54, 1.807) is 0 Å². The molecule has 1 aromatic carbocycles. The fourth-order valence-corrected chi connectivity index (χ4v) is 1.93. The van der Waals surface area contributed by atoms with E-state index in [-0.39, 0.29) is 17.8 Å². The Bertz CT molecular complexity index is 431. The van der Waals surface area contributed by atoms with Gasteiger partial charge in [0, 0.05) is 32.1 Å². The van der Waals surface area contributed by atoms with Gasteiger partial charge in [0.05, 0.1) is 18.8 Å². The minimum atomic E-state index is -0.790. The molecule has 5 heteroatoms. The average molecular weight is 255 g/mol. The Balaban J connectivity index is 1.90. The normalized spacial score (nSPS) is 16.8. The van der Waals surface area contributed by atoms with Gasteiger partial charge < -0.3 is 4.74 Å². The molecule has 0 N–H and O–H groups in total. The number of nitrogens with zero attached hydrogens (tertiary/aromatic N) is 1. The first-order valence-electron chi connectivity index (χ1n) is 5.95. The van der Waals surface area contributed by atoms with Crippen molar-refractivity contribution in [1.29, 1.82) is 0 Å². The van der Waals surface area contributed by atoms with Gasteiger partial charge >= 0.3 is 0 Å². The molecule has 0 unspecified atom stereocenters. The summed E-state index contributed by atoms with van der Waals surface area (Å²) in [6.45, 7) is 3.50. The lowest BCUT2D eigenvalue weighted by atomic mass is 10.1. The maximum atomic E-state index is 13.4. The number of benzene rings is 1. The van der Waals surface area contributed by atoms with E-state index in [9.17, 15) is 13.6 Å². The molecule has 0 aromatic heterocycles. The fourth-order valence-electron chi connectivity index (χ4n) is 1.93. The van der Waals surface area contributed by atoms with E-state index >= 15 is 0 Å². The Morgan fingerprint density at radius 3 is 2.67 bits per heavy atom. The van der Waals surface area contributed by atoms with Gasteiger partial charge in [0.25, 0.3) is 0 Å². The molecule has 0 bridgehead atoms. The molecular formula is C13H15F2NO2. The van der Waals surface area contributed by atoms with Gasteiger partial charge in [-0.1, -0.05) is 0 Å². The second-order valence-corrected chi connectivity index (χ2v) is 4.25. The molecule has 0 spiro atoms. The summed E-state index contributed by atoms with van der Waals surface area (Å²) < 4.78 is 31.3. The van der Waals surface area contributed by atoms with Crippen molar-refractivity contribution in [1.82, 2.24) is 4.90 Å². The number of carbonyl (C=O) groups excluding carboxylic acids is 1. The molecule has 0 aliphatic carbocycles. The first-order chi connectivity index (χ1) is 8.66. The van der Waals surface area contributed by atoms with Crippen LogP contribution in [-0.2, 0) is 4.74 Å². The van der Waals surface area contributed by atoms with Crippen LogP contribution in [0.4, 0.5) is 8.78 Å². The van der Waals surface area contributed by atoms with E-state index in [0.717, 1.165) is 25.2 Å². The lowest BCUT2D eigenvalue weighted by Gasteiger charge is -2.26. The van der Waals surface area contributed by atoms with Crippen molar-refractivity contribution in [2.45, 2.75) is 6.42 Å². The summed E-state index contributed by atoms with van der Waals surface area (Å²) >= 11 is 0. The summed E-state index contributed by atoms with van der Waals surface area (Å²) in [6.07, 6.45) is 0.239. The zero-order chi connectivity index (χ0) is 13.0. The third-order valence-corrected chi connectivity index (χ3v) is 2.99. The SMILES string of the molecule is O=C(CCN1CCOCC1)c1ccc(F)cc1F. The fraction of sp³-hybridized carbons (Fsp3) is 0.462. The molecule has 1 heterocycles. The van der Waals surface area contributed by atoms with E-state index < -0.39 is 11.6 Å². The van der Waals surface area contributed by atoms with Crippen LogP contribution in [0.3, 0.4) is 0 Å². The van der Waals surface area contributed by atoms with Crippen LogP contribution in [0, 0.1) is 11.6 Å². The molecule has 0 amide bonds. The quantitative estimate of drug-likeness (QED) is 0.769. The molecule has 1 saturated heterocycles. The molecule has 0 radical (unpaired) electrons. The van der Waals surface area contributed by atoms with E-state index in [1.807, 2.05) is 0 Å². The van der Waals surface area contributed by atoms with Crippen LogP contribution in [0.1, 0.15) is 16.8 Å². The molecular weight excluding hydrogens is 240 g/mol. The third kappa shape index (κ3) is 3.34. The Morgan fingerprint density at radius 1 is 1.28 bits per heavy atom. The van der Waals surface area contributed by atoms with Crippen molar-refractivity contribution >= 4 is 5.78 Å². The molecule has 0 atom stereocenters. The van der Waals surface area contributed by atoms with Gasteiger partial charge in [-0.15, -0.1) is 0 Å². The molecule has 1 aliphatic heterocycles. The number of ether oxygens (including phenoxy) is 1. The van der Waals surface area contributed by atoms with Crippen LogP contribution < -0.4 is 0 Å². The number of rotatable bonds is 4. The first kappa shape index (κ1) is 13.1. The van der Waals surface area contributed by atoms with Crippen molar-refractivity contribution < 1.29 is 18.3 Å². The number of morpholine rings is 1. The zero-order valence-electron chi connectivity index (χ0n) is 9.99. The second-order valence-electron chi connectivity index (χ2n) is 4.25. The van der Waals surface area contributed by atoms with E-state index in [0.29, 0.717) is 19.8 Å². The predicted molar refractivity (Wildman–Crippen MR) is 62.6 cm³/mol. The predicted octanol–water partition coefficient (Wildman–Crippen LogP) is 1.87. The summed E-state index contributed by atoms with van der Waals surface area (Å²) in [5.41, 5.74) is -0.0374. The van der Waals surface area contributed by atoms with Crippen molar-refractivity contribution in [2.75, 3.05) is 32.8 Å². The summed E-state index contributed by atoms with van der Waals surface area (Å²) in [4.78, 5) is 13.9. The van der Waals surface area contributed by atoms with Crippen molar-refractivity contribution in [3.63, 3.8) is 0 Å². The Kier molecular flexibility index (Phi) is 4.38. The summed E-state index contributed by atoms with van der Waals surface area (Å²) in [5.74, 6) is -1.75. The van der Waals surface area contributed by atoms with E-state index in [4.69, 9.17) is 4.74 Å². The topological polar surface area (TPSA) is 29.5 Å². The zero-order valence-corrected chi connectivity index (χ0v) is 9.99. The van der Waals surface area contributed by atoms with Gasteiger partial charge in [-0.25, -0.2) is 8.78 Å². The van der Waals surface area contributed by atoms with E-state index in [1.165, 1.54) is 6.07 Å². The second kappa shape index (κ2) is 6.02. The van der Waals surface area contributed by atoms with Gasteiger partial charge in [-0.2, -0.15) is 0 Å². The van der Waals surface area contributed by atoms with Gasteiger partial charge in [-0.3, -0.25) is 9.69 Å². The highest BCUT2D eigenvalue weighted by atomic mass is 19.1. The van der Waals surface area contributed by atoms with Crippen LogP contribution in [0.25, 0.3) is 0 Å². The third-order valence-electron chi connectivity index (χ3n) is 2.99. The summed E-state index contributed by atoms with van der Waals surface area (Å²) in [5, 5.41) is 0. The lowest BCUT2D eigenvalue weighted by Crippen LogP contribution is -2.37. The maximum Gasteiger partial charge on any atom is 0.167 e. The standard InChI is InChI=1S/C13H15F2NO2/c14-10-1-2-11(12(15)9-10)13(17)3-4-16-5-7-18-8-6-16/h1-2,9H,3-8H2. The molecule has 0 saturated carbocycles. The minimum absolute atomic E-state index is 0.0374. The Hall–Kier alpha value is -1.33. The Morgan fingerprint density at radius 2 is 2.00 bits per heavy atom. The van der Waals surface area contributed by atoms with Gasteiger partial charge in [0.1, 0.15) is 11.6 Å². The minimum Gasteiger partial charge on any atom is -0.379 e. The van der Waals surface area contributed by atoms with Crippen LogP contribution >= 0.6 is 0 Å². The molecule has 98 valence electrons. The van der Waals surface area contributed by atoms with Crippen LogP contribution in [0.15, 0.2) is 18.2 Å². The highest BCUT2D eigenvalue weighted by molar-refractivity contribution is 5.96. The number of hydrogen-bond acceptors (Lipinski definition) is 3. The maximum absolute atomic E-state index is 13.4. The summed E-state index contributed by atoms with van der Waals surface area (Å²) in [6, 6.07) is 3.04. The smallest absolute Gasteiger partial charge is 0.167 e. The number of ketones is 1. The number of Topliss-reactive ketones (excluding diaryl/α,β-unsaturated/α-hetero) is 1. The van der Waals surface area contributed by atoms with Crippen molar-refractivity contribution in [3.8, 4) is 0 Å². The lowest BCUT2D eigenvalue weighted by molar-refractivity contribution is 0.0370. The monoisotopic (exact) mass is 255 g/mol. The highest BCUT2D eigenvalue weighted by Crippen LogP contribution is 2.12. The number of carbonyl (C=O) groups is 1. The first-order valence-corrected chi connectivity index (χ1v) is 5.95. The highest BCUT2D eigenvalue weighted by Gasteiger charge is 2.15. The number of halogens is 2. The molecule has 1 aliphatic rings. The molecule has 1 aromatic rings. The largest absolute Gasteiger partial charge is 0.379 e. The van der Waals surface area contributed by atoms with Gasteiger partial charge in [0.15, 0.2) is 5.78 Å². The van der Waals surface area contributed by atoms with Crippen LogP contribution in [0.2, 0.25) is 0 Å². The Labute approximate surface area is 104 Å². The van der Waals surface area contributed by atoms with E-state index in [2.05, 4.69) is 4.90 Å². The van der Waals surface area contributed by atoms with Crippen molar-refractivity contribution in [2.24, 2.45) is 0 Å². The van der Waals surface area contributed by atoms with Gasteiger partial charge in [-0.05, 0) is 12.1 Å². The molecule has 18 heavy (non-hydrogen) atoms. The van der Waals surface area contributed by atoms with Crippen LogP contribution in [-0.4, -0.2) is 43.5 Å². The summed E-state index contributed by atoms with van der Waals surface area (Å²) in [7, 11) is 0.